The molecule has 0 spiro atoms. The van der Waals surface area contributed by atoms with Crippen molar-refractivity contribution >= 4 is 27.7 Å². The summed E-state index contributed by atoms with van der Waals surface area (Å²) >= 11 is 0. The van der Waals surface area contributed by atoms with E-state index in [1.54, 1.807) is 42.6 Å². The number of carbonyl (C=O) groups is 2. The first-order valence-corrected chi connectivity index (χ1v) is 12.7. The molecule has 0 aliphatic heterocycles. The normalized spacial score (nSPS) is 12.0. The second-order valence-electron chi connectivity index (χ2n) is 8.04. The number of benzene rings is 2. The molecule has 2 amide bonds. The second-order valence-corrected chi connectivity index (χ2v) is 9.72. The van der Waals surface area contributed by atoms with Crippen LogP contribution in [-0.4, -0.2) is 46.5 Å². The lowest BCUT2D eigenvalue weighted by molar-refractivity contribution is -0.138. The van der Waals surface area contributed by atoms with E-state index in [0.29, 0.717) is 17.8 Å². The number of aromatic amines is 1. The van der Waals surface area contributed by atoms with Gasteiger partial charge in [0.25, 0.3) is 10.0 Å². The van der Waals surface area contributed by atoms with Crippen LogP contribution in [0.2, 0.25) is 0 Å². The molecule has 0 fully saturated rings. The molecule has 0 aliphatic rings. The van der Waals surface area contributed by atoms with Crippen molar-refractivity contribution in [3.8, 4) is 11.1 Å². The molecular formula is C25H24N6O5S. The number of sulfonamides is 1. The van der Waals surface area contributed by atoms with Crippen molar-refractivity contribution in [2.75, 3.05) is 5.32 Å². The van der Waals surface area contributed by atoms with E-state index in [9.17, 15) is 23.1 Å². The van der Waals surface area contributed by atoms with Crippen molar-refractivity contribution < 1.29 is 23.1 Å². The van der Waals surface area contributed by atoms with Gasteiger partial charge in [-0.3, -0.25) is 9.78 Å². The highest BCUT2D eigenvalue weighted by molar-refractivity contribution is 7.89. The molecule has 0 saturated heterocycles. The summed E-state index contributed by atoms with van der Waals surface area (Å²) in [5.74, 6) is -1.30. The first-order chi connectivity index (χ1) is 17.8. The Morgan fingerprint density at radius 3 is 2.49 bits per heavy atom. The van der Waals surface area contributed by atoms with E-state index >= 15 is 0 Å². The average Bonchev–Trinajstić information content (AvgIpc) is 3.45. The number of carboxylic acid groups (broad SMARTS) is 1. The number of H-pyrrole nitrogens is 1. The van der Waals surface area contributed by atoms with Gasteiger partial charge in [0.2, 0.25) is 0 Å². The lowest BCUT2D eigenvalue weighted by atomic mass is 10.0. The number of urea groups is 1. The fourth-order valence-corrected chi connectivity index (χ4v) is 4.61. The van der Waals surface area contributed by atoms with Crippen LogP contribution in [0.5, 0.6) is 0 Å². The minimum Gasteiger partial charge on any atom is -0.480 e. The summed E-state index contributed by atoms with van der Waals surface area (Å²) < 4.78 is 26.9. The fraction of sp³-hybridized carbons (Fsp3) is 0.120. The lowest BCUT2D eigenvalue weighted by Crippen LogP contribution is -2.42. The van der Waals surface area contributed by atoms with Gasteiger partial charge >= 0.3 is 12.0 Å². The summed E-state index contributed by atoms with van der Waals surface area (Å²) in [7, 11) is -4.06. The summed E-state index contributed by atoms with van der Waals surface area (Å²) in [6.45, 7) is 0.295. The van der Waals surface area contributed by atoms with E-state index in [0.717, 1.165) is 23.0 Å². The number of carboxylic acids is 1. The lowest BCUT2D eigenvalue weighted by Gasteiger charge is -2.14. The quantitative estimate of drug-likeness (QED) is 0.214. The van der Waals surface area contributed by atoms with Crippen LogP contribution in [0.3, 0.4) is 0 Å². The van der Waals surface area contributed by atoms with Gasteiger partial charge in [0.1, 0.15) is 6.04 Å². The van der Waals surface area contributed by atoms with Crippen molar-refractivity contribution in [2.45, 2.75) is 24.0 Å². The Morgan fingerprint density at radius 1 is 1.00 bits per heavy atom. The highest BCUT2D eigenvalue weighted by Gasteiger charge is 2.26. The standard InChI is InChI=1S/C25H24N6O5S/c32-24(33)22(31-37(35,36)23-15-26-16-29-23)12-17-7-9-18(10-8-17)19-4-3-6-20(13-19)30-25(34)28-14-21-5-1-2-11-27-21/h1-11,13,15-16,22,31H,12,14H2,(H,26,29)(H,32,33)(H2,28,30,34)/t22-/m0/s1. The number of hydrogen-bond acceptors (Lipinski definition) is 6. The van der Waals surface area contributed by atoms with Gasteiger partial charge in [0, 0.05) is 11.9 Å². The van der Waals surface area contributed by atoms with E-state index in [-0.39, 0.29) is 17.5 Å². The molecule has 37 heavy (non-hydrogen) atoms. The summed E-state index contributed by atoms with van der Waals surface area (Å²) in [5.41, 5.74) is 3.65. The van der Waals surface area contributed by atoms with E-state index in [2.05, 4.69) is 30.3 Å². The number of hydrogen-bond donors (Lipinski definition) is 5. The predicted octanol–water partition coefficient (Wildman–Crippen LogP) is 2.77. The van der Waals surface area contributed by atoms with Gasteiger partial charge in [-0.25, -0.2) is 18.2 Å². The smallest absolute Gasteiger partial charge is 0.322 e. The van der Waals surface area contributed by atoms with E-state index in [1.165, 1.54) is 6.33 Å². The molecule has 190 valence electrons. The number of aliphatic carboxylic acids is 1. The molecule has 11 nitrogen and oxygen atoms in total. The van der Waals surface area contributed by atoms with Crippen LogP contribution in [0.1, 0.15) is 11.3 Å². The van der Waals surface area contributed by atoms with Gasteiger partial charge in [-0.15, -0.1) is 0 Å². The van der Waals surface area contributed by atoms with E-state index in [4.69, 9.17) is 0 Å². The van der Waals surface area contributed by atoms with E-state index < -0.39 is 22.0 Å². The summed E-state index contributed by atoms with van der Waals surface area (Å²) in [4.78, 5) is 34.2. The topological polar surface area (TPSA) is 166 Å². The highest BCUT2D eigenvalue weighted by Crippen LogP contribution is 2.23. The van der Waals surface area contributed by atoms with Crippen LogP contribution in [0, 0.1) is 0 Å². The second kappa shape index (κ2) is 11.5. The van der Waals surface area contributed by atoms with Crippen LogP contribution < -0.4 is 15.4 Å². The number of aromatic nitrogens is 3. The van der Waals surface area contributed by atoms with Gasteiger partial charge in [-0.1, -0.05) is 42.5 Å². The molecule has 2 aromatic carbocycles. The zero-order valence-electron chi connectivity index (χ0n) is 19.5. The minimum absolute atomic E-state index is 0.0545. The van der Waals surface area contributed by atoms with Gasteiger partial charge in [-0.2, -0.15) is 4.72 Å². The number of pyridine rings is 1. The Kier molecular flexibility index (Phi) is 7.91. The first-order valence-electron chi connectivity index (χ1n) is 11.2. The Labute approximate surface area is 213 Å². The molecule has 0 saturated carbocycles. The average molecular weight is 521 g/mol. The zero-order chi connectivity index (χ0) is 26.3. The van der Waals surface area contributed by atoms with Crippen molar-refractivity contribution in [3.63, 3.8) is 0 Å². The van der Waals surface area contributed by atoms with Crippen LogP contribution in [-0.2, 0) is 27.8 Å². The predicted molar refractivity (Wildman–Crippen MR) is 136 cm³/mol. The largest absolute Gasteiger partial charge is 0.480 e. The van der Waals surface area contributed by atoms with Crippen LogP contribution >= 0.6 is 0 Å². The SMILES string of the molecule is O=C(NCc1ccccn1)Nc1cccc(-c2ccc(C[C@H](NS(=O)(=O)c3cnc[nH]3)C(=O)O)cc2)c1. The Bertz CT molecular complexity index is 1460. The fourth-order valence-electron chi connectivity index (χ4n) is 3.51. The van der Waals surface area contributed by atoms with Crippen LogP contribution in [0.15, 0.2) is 90.5 Å². The highest BCUT2D eigenvalue weighted by atomic mass is 32.2. The zero-order valence-corrected chi connectivity index (χ0v) is 20.3. The van der Waals surface area contributed by atoms with Crippen LogP contribution in [0.25, 0.3) is 11.1 Å². The molecule has 2 aromatic heterocycles. The molecule has 5 N–H and O–H groups in total. The van der Waals surface area contributed by atoms with E-state index in [1.807, 2.05) is 30.3 Å². The number of amides is 2. The Balaban J connectivity index is 1.39. The van der Waals surface area contributed by atoms with Crippen molar-refractivity contribution in [3.05, 3.63) is 96.7 Å². The molecule has 0 aliphatic carbocycles. The first kappa shape index (κ1) is 25.5. The molecular weight excluding hydrogens is 496 g/mol. The van der Waals surface area contributed by atoms with Crippen molar-refractivity contribution in [1.82, 2.24) is 25.0 Å². The maximum atomic E-state index is 12.4. The number of carbonyl (C=O) groups excluding carboxylic acids is 1. The number of imidazole rings is 1. The van der Waals surface area contributed by atoms with Gasteiger partial charge in [-0.05, 0) is 47.4 Å². The third kappa shape index (κ3) is 6.99. The molecule has 0 unspecified atom stereocenters. The number of rotatable bonds is 10. The van der Waals surface area contributed by atoms with Crippen molar-refractivity contribution in [2.24, 2.45) is 0 Å². The van der Waals surface area contributed by atoms with Gasteiger partial charge < -0.3 is 20.7 Å². The van der Waals surface area contributed by atoms with Gasteiger partial charge in [0.05, 0.1) is 24.8 Å². The number of nitrogens with one attached hydrogen (secondary N) is 4. The molecule has 4 rings (SSSR count). The maximum Gasteiger partial charge on any atom is 0.322 e. The molecule has 0 radical (unpaired) electrons. The summed E-state index contributed by atoms with van der Waals surface area (Å²) in [6, 6.07) is 18.1. The van der Waals surface area contributed by atoms with Gasteiger partial charge in [0.15, 0.2) is 5.03 Å². The third-order valence-electron chi connectivity index (χ3n) is 5.36. The van der Waals surface area contributed by atoms with Crippen LogP contribution in [0.4, 0.5) is 10.5 Å². The third-order valence-corrected chi connectivity index (χ3v) is 6.76. The Hall–Kier alpha value is -4.55. The van der Waals surface area contributed by atoms with Crippen molar-refractivity contribution in [1.29, 1.82) is 0 Å². The Morgan fingerprint density at radius 2 is 1.81 bits per heavy atom. The molecule has 2 heterocycles. The number of anilines is 1. The maximum absolute atomic E-state index is 12.4. The molecule has 0 bridgehead atoms. The summed E-state index contributed by atoms with van der Waals surface area (Å²) in [6.07, 6.45) is 3.90. The monoisotopic (exact) mass is 520 g/mol. The minimum atomic E-state index is -4.06. The molecule has 1 atom stereocenters. The molecule has 12 heteroatoms. The molecule has 4 aromatic rings. The number of nitrogens with zero attached hydrogens (tertiary/aromatic N) is 2. The summed E-state index contributed by atoms with van der Waals surface area (Å²) in [5, 5.41) is 14.9.